The van der Waals surface area contributed by atoms with Crippen LogP contribution in [-0.4, -0.2) is 39.3 Å². The topological polar surface area (TPSA) is 55.6 Å². The van der Waals surface area contributed by atoms with E-state index in [1.165, 1.54) is 25.0 Å². The van der Waals surface area contributed by atoms with Crippen LogP contribution in [0.5, 0.6) is 0 Å². The maximum atomic E-state index is 3.98. The lowest BCUT2D eigenvalue weighted by molar-refractivity contribution is 0.506. The second-order valence-corrected chi connectivity index (χ2v) is 4.74. The van der Waals surface area contributed by atoms with Gasteiger partial charge in [-0.25, -0.2) is 4.68 Å². The lowest BCUT2D eigenvalue weighted by Crippen LogP contribution is -2.13. The minimum absolute atomic E-state index is 0.736. The maximum absolute atomic E-state index is 3.98. The first-order valence-electron chi connectivity index (χ1n) is 5.77. The Labute approximate surface area is 101 Å². The second kappa shape index (κ2) is 8.52. The van der Waals surface area contributed by atoms with Crippen LogP contribution < -0.4 is 5.32 Å². The summed E-state index contributed by atoms with van der Waals surface area (Å²) in [6, 6.07) is 0. The zero-order valence-electron chi connectivity index (χ0n) is 10.1. The van der Waals surface area contributed by atoms with Crippen molar-refractivity contribution in [2.75, 3.05) is 19.1 Å². The fraction of sp³-hybridized carbons (Fsp3) is 0.900. The minimum atomic E-state index is 0.736. The SMILES string of the molecule is CNCc1nnnn1CCCCCCSC. The number of unbranched alkanes of at least 4 members (excludes halogenated alkanes) is 3. The summed E-state index contributed by atoms with van der Waals surface area (Å²) >= 11 is 1.92. The van der Waals surface area contributed by atoms with Crippen molar-refractivity contribution in [1.29, 1.82) is 0 Å². The molecule has 0 unspecified atom stereocenters. The first-order valence-corrected chi connectivity index (χ1v) is 7.16. The van der Waals surface area contributed by atoms with E-state index < -0.39 is 0 Å². The van der Waals surface area contributed by atoms with E-state index in [-0.39, 0.29) is 0 Å². The molecule has 1 aromatic rings. The van der Waals surface area contributed by atoms with Crippen LogP contribution in [0, 0.1) is 0 Å². The predicted octanol–water partition coefficient (Wildman–Crippen LogP) is 1.32. The van der Waals surface area contributed by atoms with E-state index in [4.69, 9.17) is 0 Å². The van der Waals surface area contributed by atoms with Crippen molar-refractivity contribution in [3.63, 3.8) is 0 Å². The quantitative estimate of drug-likeness (QED) is 0.663. The number of thioether (sulfide) groups is 1. The van der Waals surface area contributed by atoms with Crippen LogP contribution in [0.2, 0.25) is 0 Å². The number of hydrogen-bond donors (Lipinski definition) is 1. The van der Waals surface area contributed by atoms with Gasteiger partial charge in [-0.05, 0) is 42.3 Å². The van der Waals surface area contributed by atoms with Crippen LogP contribution in [0.25, 0.3) is 0 Å². The molecular weight excluding hydrogens is 222 g/mol. The molecule has 0 radical (unpaired) electrons. The second-order valence-electron chi connectivity index (χ2n) is 3.76. The van der Waals surface area contributed by atoms with E-state index in [2.05, 4.69) is 27.1 Å². The van der Waals surface area contributed by atoms with E-state index in [0.29, 0.717) is 0 Å². The third-order valence-corrected chi connectivity index (χ3v) is 3.11. The van der Waals surface area contributed by atoms with Gasteiger partial charge in [-0.1, -0.05) is 12.8 Å². The van der Waals surface area contributed by atoms with Crippen LogP contribution in [0.15, 0.2) is 0 Å². The molecule has 16 heavy (non-hydrogen) atoms. The molecule has 0 aliphatic heterocycles. The van der Waals surface area contributed by atoms with Crippen LogP contribution in [0.3, 0.4) is 0 Å². The van der Waals surface area contributed by atoms with Crippen molar-refractivity contribution in [2.24, 2.45) is 0 Å². The lowest BCUT2D eigenvalue weighted by Gasteiger charge is -2.03. The normalized spacial score (nSPS) is 10.9. The lowest BCUT2D eigenvalue weighted by atomic mass is 10.2. The summed E-state index contributed by atoms with van der Waals surface area (Å²) < 4.78 is 1.89. The molecule has 5 nitrogen and oxygen atoms in total. The molecule has 1 rings (SSSR count). The van der Waals surface area contributed by atoms with Crippen molar-refractivity contribution in [2.45, 2.75) is 38.8 Å². The molecule has 0 bridgehead atoms. The predicted molar refractivity (Wildman–Crippen MR) is 67.4 cm³/mol. The Morgan fingerprint density at radius 2 is 2.06 bits per heavy atom. The Bertz CT molecular complexity index is 276. The fourth-order valence-electron chi connectivity index (χ4n) is 1.54. The Hall–Kier alpha value is -0.620. The number of hydrogen-bond acceptors (Lipinski definition) is 5. The van der Waals surface area contributed by atoms with Crippen molar-refractivity contribution < 1.29 is 0 Å². The van der Waals surface area contributed by atoms with Crippen LogP contribution in [0.4, 0.5) is 0 Å². The zero-order chi connectivity index (χ0) is 11.6. The average Bonchev–Trinajstić information content (AvgIpc) is 2.72. The highest BCUT2D eigenvalue weighted by molar-refractivity contribution is 7.98. The first-order chi connectivity index (χ1) is 7.88. The fourth-order valence-corrected chi connectivity index (χ4v) is 2.04. The number of tetrazole rings is 1. The van der Waals surface area contributed by atoms with E-state index in [1.807, 2.05) is 23.5 Å². The number of nitrogens with one attached hydrogen (secondary N) is 1. The van der Waals surface area contributed by atoms with Crippen molar-refractivity contribution >= 4 is 11.8 Å². The summed E-state index contributed by atoms with van der Waals surface area (Å²) in [5.74, 6) is 2.20. The maximum Gasteiger partial charge on any atom is 0.165 e. The molecule has 1 aromatic heterocycles. The van der Waals surface area contributed by atoms with Crippen LogP contribution in [0.1, 0.15) is 31.5 Å². The molecule has 0 saturated heterocycles. The largest absolute Gasteiger partial charge is 0.313 e. The summed E-state index contributed by atoms with van der Waals surface area (Å²) in [5, 5.41) is 14.7. The molecule has 0 spiro atoms. The molecule has 0 amide bonds. The highest BCUT2D eigenvalue weighted by Crippen LogP contribution is 2.06. The van der Waals surface area contributed by atoms with Gasteiger partial charge in [-0.3, -0.25) is 0 Å². The number of nitrogens with zero attached hydrogens (tertiary/aromatic N) is 4. The van der Waals surface area contributed by atoms with E-state index in [9.17, 15) is 0 Å². The molecule has 0 aliphatic carbocycles. The highest BCUT2D eigenvalue weighted by Gasteiger charge is 2.03. The van der Waals surface area contributed by atoms with E-state index >= 15 is 0 Å². The Balaban J connectivity index is 2.13. The third kappa shape index (κ3) is 4.94. The highest BCUT2D eigenvalue weighted by atomic mass is 32.2. The molecule has 0 fully saturated rings. The molecule has 0 saturated carbocycles. The standard InChI is InChI=1S/C10H21N5S/c1-11-9-10-12-13-14-15(10)7-5-3-4-6-8-16-2/h11H,3-9H2,1-2H3. The van der Waals surface area contributed by atoms with Gasteiger partial charge in [0.1, 0.15) is 0 Å². The summed E-state index contributed by atoms with van der Waals surface area (Å²) in [5.41, 5.74) is 0. The van der Waals surface area contributed by atoms with E-state index in [1.54, 1.807) is 0 Å². The Kier molecular flexibility index (Phi) is 7.16. The Morgan fingerprint density at radius 3 is 2.81 bits per heavy atom. The number of rotatable bonds is 9. The Morgan fingerprint density at radius 1 is 1.25 bits per heavy atom. The van der Waals surface area contributed by atoms with Gasteiger partial charge < -0.3 is 5.32 Å². The summed E-state index contributed by atoms with van der Waals surface area (Å²) in [4.78, 5) is 0. The summed E-state index contributed by atoms with van der Waals surface area (Å²) in [6.07, 6.45) is 7.21. The van der Waals surface area contributed by atoms with Crippen molar-refractivity contribution in [3.05, 3.63) is 5.82 Å². The smallest absolute Gasteiger partial charge is 0.165 e. The van der Waals surface area contributed by atoms with Gasteiger partial charge in [0, 0.05) is 6.54 Å². The zero-order valence-corrected chi connectivity index (χ0v) is 11.0. The van der Waals surface area contributed by atoms with Crippen LogP contribution >= 0.6 is 11.8 Å². The molecule has 92 valence electrons. The number of aromatic nitrogens is 4. The van der Waals surface area contributed by atoms with Crippen molar-refractivity contribution in [1.82, 2.24) is 25.5 Å². The molecule has 1 heterocycles. The van der Waals surface area contributed by atoms with Gasteiger partial charge in [0.15, 0.2) is 5.82 Å². The monoisotopic (exact) mass is 243 g/mol. The van der Waals surface area contributed by atoms with Crippen molar-refractivity contribution in [3.8, 4) is 0 Å². The summed E-state index contributed by atoms with van der Waals surface area (Å²) in [6.45, 7) is 1.67. The molecule has 0 aromatic carbocycles. The molecule has 1 N–H and O–H groups in total. The molecule has 0 aliphatic rings. The van der Waals surface area contributed by atoms with Gasteiger partial charge >= 0.3 is 0 Å². The van der Waals surface area contributed by atoms with E-state index in [0.717, 1.165) is 25.3 Å². The third-order valence-electron chi connectivity index (χ3n) is 2.41. The van der Waals surface area contributed by atoms with Gasteiger partial charge in [0.05, 0.1) is 6.54 Å². The van der Waals surface area contributed by atoms with Gasteiger partial charge in [0.25, 0.3) is 0 Å². The molecular formula is C10H21N5S. The van der Waals surface area contributed by atoms with Crippen LogP contribution in [-0.2, 0) is 13.1 Å². The molecule has 0 atom stereocenters. The van der Waals surface area contributed by atoms with Gasteiger partial charge in [-0.15, -0.1) is 5.10 Å². The van der Waals surface area contributed by atoms with Gasteiger partial charge in [0.2, 0.25) is 0 Å². The summed E-state index contributed by atoms with van der Waals surface area (Å²) in [7, 11) is 1.90. The minimum Gasteiger partial charge on any atom is -0.313 e. The average molecular weight is 243 g/mol. The first kappa shape index (κ1) is 13.4. The molecule has 6 heteroatoms. The number of aryl methyl sites for hydroxylation is 1. The van der Waals surface area contributed by atoms with Gasteiger partial charge in [-0.2, -0.15) is 11.8 Å².